The second-order valence-corrected chi connectivity index (χ2v) is 7.78. The normalized spacial score (nSPS) is 17.3. The van der Waals surface area contributed by atoms with Gasteiger partial charge in [-0.3, -0.25) is 4.72 Å². The molecule has 1 heterocycles. The van der Waals surface area contributed by atoms with E-state index in [9.17, 15) is 21.6 Å². The number of anilines is 1. The van der Waals surface area contributed by atoms with Crippen LogP contribution in [0.15, 0.2) is 53.4 Å². The molecule has 1 N–H and O–H groups in total. The minimum absolute atomic E-state index is 0.0257. The summed E-state index contributed by atoms with van der Waals surface area (Å²) in [5.74, 6) is -0.0272. The summed E-state index contributed by atoms with van der Waals surface area (Å²) in [7, 11) is -3.99. The number of alkyl halides is 3. The molecule has 1 aliphatic rings. The van der Waals surface area contributed by atoms with Gasteiger partial charge >= 0.3 is 6.36 Å². The molecule has 1 saturated heterocycles. The molecular formula is C18H18F3NO5S. The Morgan fingerprint density at radius 2 is 1.86 bits per heavy atom. The van der Waals surface area contributed by atoms with E-state index in [1.165, 1.54) is 12.1 Å². The molecule has 0 amide bonds. The van der Waals surface area contributed by atoms with E-state index in [2.05, 4.69) is 9.46 Å². The Bertz CT molecular complexity index is 894. The number of ether oxygens (including phenoxy) is 3. The summed E-state index contributed by atoms with van der Waals surface area (Å²) in [6.07, 6.45) is -2.92. The molecule has 2 aromatic carbocycles. The van der Waals surface area contributed by atoms with E-state index >= 15 is 0 Å². The maximum atomic E-state index is 12.4. The van der Waals surface area contributed by atoms with Crippen LogP contribution in [-0.2, 0) is 14.8 Å². The second-order valence-electron chi connectivity index (χ2n) is 6.10. The van der Waals surface area contributed by atoms with Crippen molar-refractivity contribution in [1.82, 2.24) is 0 Å². The molecule has 152 valence electrons. The van der Waals surface area contributed by atoms with Crippen molar-refractivity contribution in [2.45, 2.75) is 30.2 Å². The molecule has 2 aromatic rings. The van der Waals surface area contributed by atoms with Crippen molar-refractivity contribution in [2.24, 2.45) is 0 Å². The van der Waals surface area contributed by atoms with Crippen LogP contribution in [0.4, 0.5) is 18.9 Å². The van der Waals surface area contributed by atoms with Gasteiger partial charge in [0.2, 0.25) is 0 Å². The zero-order chi connectivity index (χ0) is 20.2. The average molecular weight is 417 g/mol. The molecule has 0 radical (unpaired) electrons. The van der Waals surface area contributed by atoms with Gasteiger partial charge in [-0.1, -0.05) is 6.07 Å². The van der Waals surface area contributed by atoms with Crippen molar-refractivity contribution in [1.29, 1.82) is 0 Å². The lowest BCUT2D eigenvalue weighted by Gasteiger charge is -2.13. The summed E-state index contributed by atoms with van der Waals surface area (Å²) in [6, 6.07) is 10.3. The molecule has 1 unspecified atom stereocenters. The summed E-state index contributed by atoms with van der Waals surface area (Å²) in [6.45, 7) is 1.08. The van der Waals surface area contributed by atoms with Crippen LogP contribution in [0, 0.1) is 0 Å². The highest BCUT2D eigenvalue weighted by molar-refractivity contribution is 7.92. The highest BCUT2D eigenvalue weighted by Gasteiger charge is 2.31. The third-order valence-corrected chi connectivity index (χ3v) is 5.31. The van der Waals surface area contributed by atoms with E-state index in [0.717, 1.165) is 37.1 Å². The number of hydrogen-bond acceptors (Lipinski definition) is 5. The van der Waals surface area contributed by atoms with Gasteiger partial charge in [0.15, 0.2) is 0 Å². The van der Waals surface area contributed by atoms with Gasteiger partial charge in [-0.05, 0) is 49.2 Å². The first-order valence-electron chi connectivity index (χ1n) is 8.44. The summed E-state index contributed by atoms with van der Waals surface area (Å²) >= 11 is 0. The number of halogens is 3. The van der Waals surface area contributed by atoms with Crippen LogP contribution in [0.2, 0.25) is 0 Å². The van der Waals surface area contributed by atoms with Crippen LogP contribution in [0.25, 0.3) is 0 Å². The fraction of sp³-hybridized carbons (Fsp3) is 0.333. The van der Waals surface area contributed by atoms with E-state index in [0.29, 0.717) is 19.0 Å². The SMILES string of the molecule is O=S(=O)(Nc1cccc(OCC2CCCO2)c1)c1ccc(OC(F)(F)F)cc1. The fourth-order valence-electron chi connectivity index (χ4n) is 2.65. The quantitative estimate of drug-likeness (QED) is 0.739. The zero-order valence-electron chi connectivity index (χ0n) is 14.6. The highest BCUT2D eigenvalue weighted by Crippen LogP contribution is 2.26. The first-order valence-corrected chi connectivity index (χ1v) is 9.93. The Morgan fingerprint density at radius 1 is 1.11 bits per heavy atom. The summed E-state index contributed by atoms with van der Waals surface area (Å²) in [4.78, 5) is -0.201. The summed E-state index contributed by atoms with van der Waals surface area (Å²) < 4.78 is 78.6. The topological polar surface area (TPSA) is 73.9 Å². The smallest absolute Gasteiger partial charge is 0.491 e. The Labute approximate surface area is 160 Å². The number of benzene rings is 2. The highest BCUT2D eigenvalue weighted by atomic mass is 32.2. The maximum absolute atomic E-state index is 12.4. The molecule has 28 heavy (non-hydrogen) atoms. The first kappa shape index (κ1) is 20.3. The molecule has 10 heteroatoms. The Kier molecular flexibility index (Phi) is 5.99. The monoisotopic (exact) mass is 417 g/mol. The van der Waals surface area contributed by atoms with E-state index in [1.54, 1.807) is 12.1 Å². The minimum atomic E-state index is -4.84. The molecule has 1 fully saturated rings. The maximum Gasteiger partial charge on any atom is 0.573 e. The molecule has 0 saturated carbocycles. The van der Waals surface area contributed by atoms with Crippen LogP contribution in [0.1, 0.15) is 12.8 Å². The van der Waals surface area contributed by atoms with Gasteiger partial charge in [-0.25, -0.2) is 8.42 Å². The van der Waals surface area contributed by atoms with Crippen molar-refractivity contribution in [3.63, 3.8) is 0 Å². The van der Waals surface area contributed by atoms with Gasteiger partial charge in [0.25, 0.3) is 10.0 Å². The molecule has 1 atom stereocenters. The van der Waals surface area contributed by atoms with E-state index < -0.39 is 22.1 Å². The second kappa shape index (κ2) is 8.27. The lowest BCUT2D eigenvalue weighted by molar-refractivity contribution is -0.274. The van der Waals surface area contributed by atoms with Gasteiger partial charge in [-0.15, -0.1) is 13.2 Å². The molecule has 1 aliphatic heterocycles. The number of hydrogen-bond donors (Lipinski definition) is 1. The van der Waals surface area contributed by atoms with Gasteiger partial charge in [0.1, 0.15) is 18.1 Å². The van der Waals surface area contributed by atoms with Crippen LogP contribution in [0.3, 0.4) is 0 Å². The van der Waals surface area contributed by atoms with Crippen LogP contribution < -0.4 is 14.2 Å². The first-order chi connectivity index (χ1) is 13.2. The summed E-state index contributed by atoms with van der Waals surface area (Å²) in [5.41, 5.74) is 0.264. The molecule has 0 bridgehead atoms. The molecule has 3 rings (SSSR count). The fourth-order valence-corrected chi connectivity index (χ4v) is 3.70. The van der Waals surface area contributed by atoms with E-state index in [1.807, 2.05) is 0 Å². The molecule has 6 nitrogen and oxygen atoms in total. The minimum Gasteiger partial charge on any atom is -0.491 e. The van der Waals surface area contributed by atoms with Crippen LogP contribution >= 0.6 is 0 Å². The molecule has 0 aliphatic carbocycles. The largest absolute Gasteiger partial charge is 0.573 e. The molecular weight excluding hydrogens is 399 g/mol. The Balaban J connectivity index is 1.65. The number of nitrogens with one attached hydrogen (secondary N) is 1. The number of sulfonamides is 1. The Hall–Kier alpha value is -2.46. The van der Waals surface area contributed by atoms with Gasteiger partial charge < -0.3 is 14.2 Å². The summed E-state index contributed by atoms with van der Waals surface area (Å²) in [5, 5.41) is 0. The predicted octanol–water partition coefficient (Wildman–Crippen LogP) is 3.94. The van der Waals surface area contributed by atoms with Crippen LogP contribution in [-0.4, -0.2) is 34.1 Å². The lowest BCUT2D eigenvalue weighted by atomic mass is 10.2. The lowest BCUT2D eigenvalue weighted by Crippen LogP contribution is -2.17. The van der Waals surface area contributed by atoms with Crippen molar-refractivity contribution in [3.05, 3.63) is 48.5 Å². The zero-order valence-corrected chi connectivity index (χ0v) is 15.4. The van der Waals surface area contributed by atoms with Crippen molar-refractivity contribution in [2.75, 3.05) is 17.9 Å². The standard InChI is InChI=1S/C18H18F3NO5S/c19-18(20,21)27-14-6-8-17(9-7-14)28(23,24)22-13-3-1-4-15(11-13)26-12-16-5-2-10-25-16/h1,3-4,6-9,11,16,22H,2,5,10,12H2. The van der Waals surface area contributed by atoms with Crippen molar-refractivity contribution >= 4 is 15.7 Å². The van der Waals surface area contributed by atoms with E-state index in [4.69, 9.17) is 9.47 Å². The van der Waals surface area contributed by atoms with Gasteiger partial charge in [-0.2, -0.15) is 0 Å². The molecule has 0 spiro atoms. The third-order valence-electron chi connectivity index (χ3n) is 3.91. The predicted molar refractivity (Wildman–Crippen MR) is 94.8 cm³/mol. The third kappa shape index (κ3) is 5.77. The van der Waals surface area contributed by atoms with Gasteiger partial charge in [0, 0.05) is 12.7 Å². The van der Waals surface area contributed by atoms with Gasteiger partial charge in [0.05, 0.1) is 16.7 Å². The average Bonchev–Trinajstić information content (AvgIpc) is 3.12. The van der Waals surface area contributed by atoms with Crippen LogP contribution in [0.5, 0.6) is 11.5 Å². The van der Waals surface area contributed by atoms with Crippen molar-refractivity contribution in [3.8, 4) is 11.5 Å². The molecule has 0 aromatic heterocycles. The van der Waals surface area contributed by atoms with E-state index in [-0.39, 0.29) is 16.7 Å². The van der Waals surface area contributed by atoms with Crippen molar-refractivity contribution < 1.29 is 35.8 Å². The number of rotatable bonds is 7. The Morgan fingerprint density at radius 3 is 2.50 bits per heavy atom.